The molecule has 0 amide bonds. The van der Waals surface area contributed by atoms with E-state index < -0.39 is 10.2 Å². The summed E-state index contributed by atoms with van der Waals surface area (Å²) < 4.78 is 40.2. The van der Waals surface area contributed by atoms with E-state index in [0.29, 0.717) is 32.8 Å². The number of rotatable bonds is 4. The van der Waals surface area contributed by atoms with Gasteiger partial charge in [-0.15, -0.1) is 0 Å². The Bertz CT molecular complexity index is 698. The Kier molecular flexibility index (Phi) is 4.86. The van der Waals surface area contributed by atoms with E-state index in [2.05, 4.69) is 4.90 Å². The van der Waals surface area contributed by atoms with Crippen LogP contribution in [0.2, 0.25) is 0 Å². The molecule has 8 heteroatoms. The summed E-state index contributed by atoms with van der Waals surface area (Å²) in [7, 11) is -3.27. The van der Waals surface area contributed by atoms with Crippen LogP contribution in [0.3, 0.4) is 0 Å². The zero-order valence-electron chi connectivity index (χ0n) is 14.3. The van der Waals surface area contributed by atoms with E-state index in [0.717, 1.165) is 44.0 Å². The van der Waals surface area contributed by atoms with Crippen LogP contribution in [0.1, 0.15) is 12.8 Å². The van der Waals surface area contributed by atoms with Gasteiger partial charge >= 0.3 is 0 Å². The van der Waals surface area contributed by atoms with Crippen LogP contribution in [0.4, 0.5) is 0 Å². The number of hydrogen-bond donors (Lipinski definition) is 0. The van der Waals surface area contributed by atoms with Gasteiger partial charge in [-0.1, -0.05) is 12.1 Å². The molecule has 1 aromatic carbocycles. The van der Waals surface area contributed by atoms with Crippen molar-refractivity contribution in [2.75, 3.05) is 52.4 Å². The van der Waals surface area contributed by atoms with Gasteiger partial charge in [0.05, 0.1) is 0 Å². The number of piperazine rings is 1. The molecule has 0 N–H and O–H groups in total. The van der Waals surface area contributed by atoms with Gasteiger partial charge in [0.2, 0.25) is 0 Å². The molecular weight excluding hydrogens is 342 g/mol. The summed E-state index contributed by atoms with van der Waals surface area (Å²) in [4.78, 5) is 2.26. The van der Waals surface area contributed by atoms with Crippen molar-refractivity contribution in [3.05, 3.63) is 24.3 Å². The topological polar surface area (TPSA) is 62.3 Å². The maximum Gasteiger partial charge on any atom is 0.282 e. The van der Waals surface area contributed by atoms with Crippen LogP contribution >= 0.6 is 0 Å². The highest BCUT2D eigenvalue weighted by Gasteiger charge is 2.34. The van der Waals surface area contributed by atoms with E-state index in [1.54, 1.807) is 8.61 Å². The minimum absolute atomic E-state index is 0.0170. The lowest BCUT2D eigenvalue weighted by Crippen LogP contribution is -2.54. The molecule has 2 fully saturated rings. The Labute approximate surface area is 149 Å². The third-order valence-electron chi connectivity index (χ3n) is 5.08. The van der Waals surface area contributed by atoms with Gasteiger partial charge < -0.3 is 9.47 Å². The van der Waals surface area contributed by atoms with Crippen LogP contribution in [0.25, 0.3) is 0 Å². The molecule has 3 aliphatic rings. The molecule has 25 heavy (non-hydrogen) atoms. The molecule has 0 aromatic heterocycles. The fourth-order valence-electron chi connectivity index (χ4n) is 3.67. The molecule has 4 rings (SSSR count). The molecule has 3 aliphatic heterocycles. The largest absolute Gasteiger partial charge is 0.486 e. The Hall–Kier alpha value is -1.35. The zero-order chi connectivity index (χ0) is 17.3. The Morgan fingerprint density at radius 2 is 1.56 bits per heavy atom. The smallest absolute Gasteiger partial charge is 0.282 e. The second-order valence-electron chi connectivity index (χ2n) is 6.81. The lowest BCUT2D eigenvalue weighted by atomic mass is 10.2. The van der Waals surface area contributed by atoms with E-state index in [9.17, 15) is 8.42 Å². The summed E-state index contributed by atoms with van der Waals surface area (Å²) in [5.74, 6) is 1.58. The molecule has 0 radical (unpaired) electrons. The molecule has 1 atom stereocenters. The van der Waals surface area contributed by atoms with Gasteiger partial charge in [0.25, 0.3) is 10.2 Å². The van der Waals surface area contributed by atoms with Crippen molar-refractivity contribution < 1.29 is 17.9 Å². The third kappa shape index (κ3) is 3.62. The van der Waals surface area contributed by atoms with E-state index in [4.69, 9.17) is 9.47 Å². The first kappa shape index (κ1) is 17.1. The maximum atomic E-state index is 12.6. The van der Waals surface area contributed by atoms with Crippen LogP contribution in [-0.2, 0) is 10.2 Å². The number of ether oxygens (including phenoxy) is 2. The van der Waals surface area contributed by atoms with Crippen molar-refractivity contribution in [2.24, 2.45) is 0 Å². The zero-order valence-corrected chi connectivity index (χ0v) is 15.2. The van der Waals surface area contributed by atoms with E-state index >= 15 is 0 Å². The molecule has 138 valence electrons. The molecule has 1 aromatic rings. The standard InChI is InChI=1S/C17H25N3O4S/c21-25(22,19-7-3-4-8-19)20-11-9-18(10-12-20)13-15-14-23-16-5-1-2-6-17(16)24-15/h1-2,5-6,15H,3-4,7-14H2/t15-/m0/s1. The number of nitrogens with zero attached hydrogens (tertiary/aromatic N) is 3. The third-order valence-corrected chi connectivity index (χ3v) is 7.11. The number of fused-ring (bicyclic) bond motifs is 1. The minimum Gasteiger partial charge on any atom is -0.486 e. The molecule has 0 unspecified atom stereocenters. The molecule has 0 aliphatic carbocycles. The number of benzene rings is 1. The molecule has 0 bridgehead atoms. The molecule has 0 saturated carbocycles. The summed E-state index contributed by atoms with van der Waals surface area (Å²) in [5, 5.41) is 0. The second kappa shape index (κ2) is 7.11. The van der Waals surface area contributed by atoms with Gasteiger partial charge in [0.15, 0.2) is 11.5 Å². The van der Waals surface area contributed by atoms with Crippen LogP contribution in [0.5, 0.6) is 11.5 Å². The summed E-state index contributed by atoms with van der Waals surface area (Å²) in [5.41, 5.74) is 0. The lowest BCUT2D eigenvalue weighted by molar-refractivity contribution is 0.0489. The Morgan fingerprint density at radius 3 is 2.28 bits per heavy atom. The van der Waals surface area contributed by atoms with E-state index in [-0.39, 0.29) is 6.10 Å². The van der Waals surface area contributed by atoms with Crippen LogP contribution < -0.4 is 9.47 Å². The Balaban J connectivity index is 1.29. The number of para-hydroxylation sites is 2. The van der Waals surface area contributed by atoms with Crippen molar-refractivity contribution in [3.8, 4) is 11.5 Å². The lowest BCUT2D eigenvalue weighted by Gasteiger charge is -2.37. The molecule has 7 nitrogen and oxygen atoms in total. The monoisotopic (exact) mass is 367 g/mol. The highest BCUT2D eigenvalue weighted by molar-refractivity contribution is 7.86. The SMILES string of the molecule is O=S(=O)(N1CCCC1)N1CCN(C[C@H]2COc3ccccc3O2)CC1. The van der Waals surface area contributed by atoms with Crippen LogP contribution in [0.15, 0.2) is 24.3 Å². The maximum absolute atomic E-state index is 12.6. The predicted molar refractivity (Wildman–Crippen MR) is 94.1 cm³/mol. The predicted octanol–water partition coefficient (Wildman–Crippen LogP) is 0.785. The van der Waals surface area contributed by atoms with Crippen molar-refractivity contribution in [3.63, 3.8) is 0 Å². The normalized spacial score (nSPS) is 26.0. The van der Waals surface area contributed by atoms with Gasteiger partial charge in [0, 0.05) is 45.8 Å². The van der Waals surface area contributed by atoms with E-state index in [1.807, 2.05) is 24.3 Å². The van der Waals surface area contributed by atoms with Gasteiger partial charge in [-0.25, -0.2) is 0 Å². The van der Waals surface area contributed by atoms with Crippen LogP contribution in [-0.4, -0.2) is 80.5 Å². The van der Waals surface area contributed by atoms with Crippen LogP contribution in [0, 0.1) is 0 Å². The second-order valence-corrected chi connectivity index (χ2v) is 8.74. The first-order valence-corrected chi connectivity index (χ1v) is 10.4. The summed E-state index contributed by atoms with van der Waals surface area (Å²) in [6.07, 6.45) is 1.93. The summed E-state index contributed by atoms with van der Waals surface area (Å²) in [6, 6.07) is 7.70. The molecule has 3 heterocycles. The first-order valence-electron chi connectivity index (χ1n) is 8.99. The van der Waals surface area contributed by atoms with E-state index in [1.165, 1.54) is 0 Å². The fourth-order valence-corrected chi connectivity index (χ4v) is 5.34. The fraction of sp³-hybridized carbons (Fsp3) is 0.647. The van der Waals surface area contributed by atoms with Crippen molar-refractivity contribution in [1.29, 1.82) is 0 Å². The van der Waals surface area contributed by atoms with Gasteiger partial charge in [-0.2, -0.15) is 17.0 Å². The highest BCUT2D eigenvalue weighted by Crippen LogP contribution is 2.31. The summed E-state index contributed by atoms with van der Waals surface area (Å²) >= 11 is 0. The van der Waals surface area contributed by atoms with Crippen molar-refractivity contribution >= 4 is 10.2 Å². The van der Waals surface area contributed by atoms with Gasteiger partial charge in [-0.05, 0) is 25.0 Å². The highest BCUT2D eigenvalue weighted by atomic mass is 32.2. The summed E-state index contributed by atoms with van der Waals surface area (Å²) in [6.45, 7) is 5.16. The van der Waals surface area contributed by atoms with Gasteiger partial charge in [-0.3, -0.25) is 4.90 Å². The Morgan fingerprint density at radius 1 is 0.920 bits per heavy atom. The van der Waals surface area contributed by atoms with Gasteiger partial charge in [0.1, 0.15) is 12.7 Å². The quantitative estimate of drug-likeness (QED) is 0.787. The molecule has 0 spiro atoms. The van der Waals surface area contributed by atoms with Crippen molar-refractivity contribution in [2.45, 2.75) is 18.9 Å². The molecule has 2 saturated heterocycles. The average molecular weight is 367 g/mol. The first-order chi connectivity index (χ1) is 12.1. The average Bonchev–Trinajstić information content (AvgIpc) is 3.18. The number of hydrogen-bond acceptors (Lipinski definition) is 5. The minimum atomic E-state index is -3.27. The molecular formula is C17H25N3O4S. The van der Waals surface area contributed by atoms with Crippen molar-refractivity contribution in [1.82, 2.24) is 13.5 Å².